The standard InChI is InChI=1S/C16H15N3OS/c1-11-6-2-3-7-12(11)16-18-15(20-19-16)10-21-14-9-5-4-8-13(14)17/h2-9H,10,17H2,1H3. The van der Waals surface area contributed by atoms with Crippen molar-refractivity contribution in [1.29, 1.82) is 0 Å². The maximum Gasteiger partial charge on any atom is 0.237 e. The van der Waals surface area contributed by atoms with Crippen molar-refractivity contribution in [3.8, 4) is 11.4 Å². The van der Waals surface area contributed by atoms with Crippen molar-refractivity contribution >= 4 is 17.4 Å². The van der Waals surface area contributed by atoms with Gasteiger partial charge in [-0.3, -0.25) is 0 Å². The normalized spacial score (nSPS) is 10.7. The van der Waals surface area contributed by atoms with Crippen LogP contribution in [0.25, 0.3) is 11.4 Å². The van der Waals surface area contributed by atoms with Crippen LogP contribution in [0.3, 0.4) is 0 Å². The molecule has 0 amide bonds. The molecule has 5 heteroatoms. The Morgan fingerprint density at radius 1 is 1.10 bits per heavy atom. The number of aromatic nitrogens is 2. The summed E-state index contributed by atoms with van der Waals surface area (Å²) in [5.41, 5.74) is 8.80. The van der Waals surface area contributed by atoms with Crippen LogP contribution >= 0.6 is 11.8 Å². The number of benzene rings is 2. The van der Waals surface area contributed by atoms with Gasteiger partial charge >= 0.3 is 0 Å². The molecule has 0 saturated heterocycles. The van der Waals surface area contributed by atoms with E-state index in [4.69, 9.17) is 10.3 Å². The first-order valence-electron chi connectivity index (χ1n) is 6.60. The van der Waals surface area contributed by atoms with Crippen molar-refractivity contribution in [3.63, 3.8) is 0 Å². The number of hydrogen-bond donors (Lipinski definition) is 1. The largest absolute Gasteiger partial charge is 0.398 e. The minimum Gasteiger partial charge on any atom is -0.398 e. The highest BCUT2D eigenvalue weighted by atomic mass is 32.2. The van der Waals surface area contributed by atoms with Crippen molar-refractivity contribution in [2.45, 2.75) is 17.6 Å². The Labute approximate surface area is 127 Å². The van der Waals surface area contributed by atoms with Crippen molar-refractivity contribution < 1.29 is 4.52 Å². The van der Waals surface area contributed by atoms with Crippen LogP contribution in [0.1, 0.15) is 11.5 Å². The highest BCUT2D eigenvalue weighted by Gasteiger charge is 2.11. The molecule has 2 N–H and O–H groups in total. The van der Waals surface area contributed by atoms with Crippen LogP contribution in [-0.4, -0.2) is 10.1 Å². The molecule has 0 unspecified atom stereocenters. The molecular weight excluding hydrogens is 282 g/mol. The molecule has 1 aromatic heterocycles. The molecule has 106 valence electrons. The lowest BCUT2D eigenvalue weighted by atomic mass is 10.1. The van der Waals surface area contributed by atoms with Crippen molar-refractivity contribution in [1.82, 2.24) is 10.1 Å². The van der Waals surface area contributed by atoms with E-state index in [1.54, 1.807) is 11.8 Å². The zero-order chi connectivity index (χ0) is 14.7. The molecule has 0 fully saturated rings. The van der Waals surface area contributed by atoms with E-state index >= 15 is 0 Å². The fraction of sp³-hybridized carbons (Fsp3) is 0.125. The van der Waals surface area contributed by atoms with Gasteiger partial charge in [-0.25, -0.2) is 0 Å². The monoisotopic (exact) mass is 297 g/mol. The van der Waals surface area contributed by atoms with E-state index < -0.39 is 0 Å². The molecule has 2 aromatic carbocycles. The zero-order valence-corrected chi connectivity index (χ0v) is 12.4. The van der Waals surface area contributed by atoms with Gasteiger partial charge in [0.15, 0.2) is 0 Å². The fourth-order valence-corrected chi connectivity index (χ4v) is 2.80. The van der Waals surface area contributed by atoms with Gasteiger partial charge in [-0.05, 0) is 24.6 Å². The van der Waals surface area contributed by atoms with Gasteiger partial charge in [0.2, 0.25) is 11.7 Å². The Bertz CT molecular complexity index is 755. The van der Waals surface area contributed by atoms with Crippen LogP contribution < -0.4 is 5.73 Å². The molecule has 21 heavy (non-hydrogen) atoms. The third kappa shape index (κ3) is 3.08. The number of nitrogen functional groups attached to an aromatic ring is 1. The lowest BCUT2D eigenvalue weighted by molar-refractivity contribution is 0.391. The second kappa shape index (κ2) is 6.01. The molecule has 3 rings (SSSR count). The number of aryl methyl sites for hydroxylation is 1. The third-order valence-corrected chi connectivity index (χ3v) is 4.20. The van der Waals surface area contributed by atoms with Gasteiger partial charge in [-0.2, -0.15) is 4.98 Å². The predicted molar refractivity (Wildman–Crippen MR) is 84.9 cm³/mol. The Hall–Kier alpha value is -2.27. The summed E-state index contributed by atoms with van der Waals surface area (Å²) >= 11 is 1.59. The maximum absolute atomic E-state index is 5.91. The topological polar surface area (TPSA) is 64.9 Å². The summed E-state index contributed by atoms with van der Waals surface area (Å²) in [4.78, 5) is 5.47. The second-order valence-corrected chi connectivity index (χ2v) is 5.67. The molecule has 3 aromatic rings. The quantitative estimate of drug-likeness (QED) is 0.584. The molecule has 0 radical (unpaired) electrons. The van der Waals surface area contributed by atoms with E-state index in [9.17, 15) is 0 Å². The first-order valence-corrected chi connectivity index (χ1v) is 7.58. The number of thioether (sulfide) groups is 1. The van der Waals surface area contributed by atoms with Gasteiger partial charge in [0.25, 0.3) is 0 Å². The van der Waals surface area contributed by atoms with Gasteiger partial charge in [-0.15, -0.1) is 11.8 Å². The van der Waals surface area contributed by atoms with Gasteiger partial charge in [0.1, 0.15) is 0 Å². The molecule has 0 aliphatic rings. The molecule has 0 aliphatic heterocycles. The van der Waals surface area contributed by atoms with Gasteiger partial charge in [0.05, 0.1) is 5.75 Å². The van der Waals surface area contributed by atoms with Crippen molar-refractivity contribution in [3.05, 3.63) is 60.0 Å². The second-order valence-electron chi connectivity index (χ2n) is 4.65. The number of para-hydroxylation sites is 1. The van der Waals surface area contributed by atoms with Crippen LogP contribution in [0.15, 0.2) is 57.9 Å². The van der Waals surface area contributed by atoms with Crippen LogP contribution in [0.2, 0.25) is 0 Å². The molecular formula is C16H15N3OS. The van der Waals surface area contributed by atoms with Crippen LogP contribution in [0.4, 0.5) is 5.69 Å². The summed E-state index contributed by atoms with van der Waals surface area (Å²) in [6, 6.07) is 15.7. The molecule has 0 saturated carbocycles. The number of hydrogen-bond acceptors (Lipinski definition) is 5. The summed E-state index contributed by atoms with van der Waals surface area (Å²) in [7, 11) is 0. The lowest BCUT2D eigenvalue weighted by Gasteiger charge is -2.01. The van der Waals surface area contributed by atoms with Crippen LogP contribution in [-0.2, 0) is 5.75 Å². The molecule has 0 atom stereocenters. The van der Waals surface area contributed by atoms with Gasteiger partial charge in [-0.1, -0.05) is 41.6 Å². The minimum atomic E-state index is 0.599. The Morgan fingerprint density at radius 2 is 1.86 bits per heavy atom. The highest BCUT2D eigenvalue weighted by molar-refractivity contribution is 7.98. The van der Waals surface area contributed by atoms with Crippen molar-refractivity contribution in [2.24, 2.45) is 0 Å². The van der Waals surface area contributed by atoms with Crippen LogP contribution in [0.5, 0.6) is 0 Å². The van der Waals surface area contributed by atoms with E-state index in [1.165, 1.54) is 0 Å². The third-order valence-electron chi connectivity index (χ3n) is 3.12. The smallest absolute Gasteiger partial charge is 0.237 e. The number of nitrogens with zero attached hydrogens (tertiary/aromatic N) is 2. The Kier molecular flexibility index (Phi) is 3.92. The van der Waals surface area contributed by atoms with E-state index in [0.717, 1.165) is 21.7 Å². The Balaban J connectivity index is 1.74. The SMILES string of the molecule is Cc1ccccc1-c1noc(CSc2ccccc2N)n1. The zero-order valence-electron chi connectivity index (χ0n) is 11.6. The molecule has 1 heterocycles. The first-order chi connectivity index (χ1) is 10.2. The van der Waals surface area contributed by atoms with Gasteiger partial charge < -0.3 is 10.3 Å². The number of anilines is 1. The summed E-state index contributed by atoms with van der Waals surface area (Å²) in [6.45, 7) is 2.03. The van der Waals surface area contributed by atoms with E-state index in [2.05, 4.69) is 10.1 Å². The first kappa shape index (κ1) is 13.7. The molecule has 0 spiro atoms. The number of nitrogens with two attached hydrogens (primary N) is 1. The van der Waals surface area contributed by atoms with Crippen LogP contribution in [0, 0.1) is 6.92 Å². The molecule has 0 aliphatic carbocycles. The van der Waals surface area contributed by atoms with E-state index in [-0.39, 0.29) is 0 Å². The summed E-state index contributed by atoms with van der Waals surface area (Å²) in [5.74, 6) is 1.83. The average molecular weight is 297 g/mol. The minimum absolute atomic E-state index is 0.599. The summed E-state index contributed by atoms with van der Waals surface area (Å²) < 4.78 is 5.31. The predicted octanol–water partition coefficient (Wildman–Crippen LogP) is 3.92. The summed E-state index contributed by atoms with van der Waals surface area (Å²) in [6.07, 6.45) is 0. The van der Waals surface area contributed by atoms with Crippen molar-refractivity contribution in [2.75, 3.05) is 5.73 Å². The van der Waals surface area contributed by atoms with E-state index in [0.29, 0.717) is 17.5 Å². The summed E-state index contributed by atoms with van der Waals surface area (Å²) in [5, 5.41) is 4.05. The molecule has 4 nitrogen and oxygen atoms in total. The number of rotatable bonds is 4. The van der Waals surface area contributed by atoms with Gasteiger partial charge in [0, 0.05) is 16.1 Å². The Morgan fingerprint density at radius 3 is 2.67 bits per heavy atom. The fourth-order valence-electron chi connectivity index (χ4n) is 2.00. The lowest BCUT2D eigenvalue weighted by Crippen LogP contribution is -1.89. The highest BCUT2D eigenvalue weighted by Crippen LogP contribution is 2.28. The average Bonchev–Trinajstić information content (AvgIpc) is 2.96. The molecule has 0 bridgehead atoms. The van der Waals surface area contributed by atoms with E-state index in [1.807, 2.05) is 55.5 Å². The maximum atomic E-state index is 5.91.